The number of allylic oxidation sites excluding steroid dienone is 3. The number of alkyl halides is 3. The number of hydrogen-bond donors (Lipinski definition) is 0. The van der Waals surface area contributed by atoms with Crippen molar-refractivity contribution in [3.8, 4) is 0 Å². The van der Waals surface area contributed by atoms with Gasteiger partial charge in [-0.05, 0) is 6.92 Å². The summed E-state index contributed by atoms with van der Waals surface area (Å²) in [7, 11) is 0. The molecule has 0 unspecified atom stereocenters. The van der Waals surface area contributed by atoms with Crippen LogP contribution < -0.4 is 0 Å². The molecule has 0 aromatic heterocycles. The Balaban J connectivity index is 2.37. The van der Waals surface area contributed by atoms with E-state index in [0.717, 1.165) is 0 Å². The molecule has 1 aliphatic rings. The van der Waals surface area contributed by atoms with Crippen molar-refractivity contribution in [3.05, 3.63) is 24.3 Å². The molecule has 3 nitrogen and oxygen atoms in total. The van der Waals surface area contributed by atoms with Crippen LogP contribution in [-0.4, -0.2) is 54.6 Å². The van der Waals surface area contributed by atoms with Gasteiger partial charge in [0.25, 0.3) is 0 Å². The van der Waals surface area contributed by atoms with Crippen LogP contribution in [0.4, 0.5) is 13.2 Å². The van der Waals surface area contributed by atoms with E-state index >= 15 is 0 Å². The first-order chi connectivity index (χ1) is 8.42. The summed E-state index contributed by atoms with van der Waals surface area (Å²) in [5.74, 6) is -0.153. The van der Waals surface area contributed by atoms with E-state index in [2.05, 4.69) is 0 Å². The minimum atomic E-state index is -4.17. The molecule has 0 radical (unpaired) electrons. The highest BCUT2D eigenvalue weighted by atomic mass is 19.4. The largest absolute Gasteiger partial charge is 0.401 e. The van der Waals surface area contributed by atoms with Crippen molar-refractivity contribution in [1.82, 2.24) is 9.80 Å². The van der Waals surface area contributed by atoms with Crippen molar-refractivity contribution < 1.29 is 18.0 Å². The Morgan fingerprint density at radius 1 is 1.17 bits per heavy atom. The standard InChI is InChI=1S/C12H17F3N2O/c1-2-3-4-5-11(18)17-8-6-16(7-9-17)10-12(13,14)15/h2-5H,6-10H2,1H3/b3-2+,5-4-. The number of carbonyl (C=O) groups excluding carboxylic acids is 1. The molecule has 6 heteroatoms. The Bertz CT molecular complexity index is 329. The predicted octanol–water partition coefficient (Wildman–Crippen LogP) is 1.83. The SMILES string of the molecule is C/C=C/C=C\C(=O)N1CCN(CC(F)(F)F)CC1. The molecule has 0 N–H and O–H groups in total. The Morgan fingerprint density at radius 2 is 1.78 bits per heavy atom. The van der Waals surface area contributed by atoms with Gasteiger partial charge in [0.1, 0.15) is 0 Å². The Morgan fingerprint density at radius 3 is 2.28 bits per heavy atom. The molecule has 102 valence electrons. The summed E-state index contributed by atoms with van der Waals surface area (Å²) in [6.07, 6.45) is 2.42. The highest BCUT2D eigenvalue weighted by Crippen LogP contribution is 2.17. The Hall–Kier alpha value is -1.30. The summed E-state index contributed by atoms with van der Waals surface area (Å²) in [6, 6.07) is 0. The summed E-state index contributed by atoms with van der Waals surface area (Å²) in [5.41, 5.74) is 0. The molecule has 1 aliphatic heterocycles. The molecule has 0 aromatic rings. The van der Waals surface area contributed by atoms with Gasteiger partial charge in [0.15, 0.2) is 0 Å². The maximum atomic E-state index is 12.2. The quantitative estimate of drug-likeness (QED) is 0.572. The van der Waals surface area contributed by atoms with Gasteiger partial charge in [-0.25, -0.2) is 0 Å². The number of nitrogens with zero attached hydrogens (tertiary/aromatic N) is 2. The molecular weight excluding hydrogens is 245 g/mol. The number of hydrogen-bond acceptors (Lipinski definition) is 2. The van der Waals surface area contributed by atoms with Gasteiger partial charge in [-0.2, -0.15) is 13.2 Å². The van der Waals surface area contributed by atoms with Gasteiger partial charge in [-0.1, -0.05) is 18.2 Å². The molecule has 1 fully saturated rings. The molecule has 0 aliphatic carbocycles. The van der Waals surface area contributed by atoms with Crippen LogP contribution in [0.2, 0.25) is 0 Å². The third-order valence-electron chi connectivity index (χ3n) is 2.63. The van der Waals surface area contributed by atoms with Gasteiger partial charge in [0.2, 0.25) is 5.91 Å². The zero-order chi connectivity index (χ0) is 13.6. The first-order valence-electron chi connectivity index (χ1n) is 5.80. The predicted molar refractivity (Wildman–Crippen MR) is 63.0 cm³/mol. The first kappa shape index (κ1) is 14.8. The van der Waals surface area contributed by atoms with Crippen LogP contribution in [0.15, 0.2) is 24.3 Å². The van der Waals surface area contributed by atoms with Crippen LogP contribution in [0.5, 0.6) is 0 Å². The van der Waals surface area contributed by atoms with Crippen molar-refractivity contribution in [1.29, 1.82) is 0 Å². The van der Waals surface area contributed by atoms with Gasteiger partial charge >= 0.3 is 6.18 Å². The first-order valence-corrected chi connectivity index (χ1v) is 5.80. The van der Waals surface area contributed by atoms with Crippen molar-refractivity contribution in [3.63, 3.8) is 0 Å². The van der Waals surface area contributed by atoms with Crippen LogP contribution in [0, 0.1) is 0 Å². The summed E-state index contributed by atoms with van der Waals surface area (Å²) in [6.45, 7) is 2.16. The third kappa shape index (κ3) is 5.35. The molecule has 0 aromatic carbocycles. The fourth-order valence-corrected chi connectivity index (χ4v) is 1.73. The molecular formula is C12H17F3N2O. The van der Waals surface area contributed by atoms with Gasteiger partial charge in [-0.3, -0.25) is 9.69 Å². The van der Waals surface area contributed by atoms with Crippen molar-refractivity contribution in [2.24, 2.45) is 0 Å². The Labute approximate surface area is 105 Å². The zero-order valence-corrected chi connectivity index (χ0v) is 10.3. The summed E-state index contributed by atoms with van der Waals surface area (Å²) in [4.78, 5) is 14.5. The summed E-state index contributed by atoms with van der Waals surface area (Å²) in [5, 5.41) is 0. The topological polar surface area (TPSA) is 23.6 Å². The lowest BCUT2D eigenvalue weighted by atomic mass is 10.3. The number of amides is 1. The Kier molecular flexibility index (Phi) is 5.40. The van der Waals surface area contributed by atoms with Gasteiger partial charge in [0.05, 0.1) is 6.54 Å². The van der Waals surface area contributed by atoms with Crippen molar-refractivity contribution in [2.45, 2.75) is 13.1 Å². The van der Waals surface area contributed by atoms with E-state index in [-0.39, 0.29) is 19.0 Å². The van der Waals surface area contributed by atoms with E-state index in [0.29, 0.717) is 13.1 Å². The minimum Gasteiger partial charge on any atom is -0.337 e. The molecule has 0 saturated carbocycles. The number of carbonyl (C=O) groups is 1. The highest BCUT2D eigenvalue weighted by molar-refractivity contribution is 5.87. The van der Waals surface area contributed by atoms with Gasteiger partial charge in [0, 0.05) is 32.3 Å². The maximum Gasteiger partial charge on any atom is 0.401 e. The number of rotatable bonds is 3. The lowest BCUT2D eigenvalue weighted by Gasteiger charge is -2.34. The third-order valence-corrected chi connectivity index (χ3v) is 2.63. The smallest absolute Gasteiger partial charge is 0.337 e. The maximum absolute atomic E-state index is 12.2. The molecule has 1 rings (SSSR count). The van der Waals surface area contributed by atoms with Crippen LogP contribution in [0.25, 0.3) is 0 Å². The molecule has 1 saturated heterocycles. The molecule has 0 atom stereocenters. The van der Waals surface area contributed by atoms with E-state index in [1.807, 2.05) is 6.92 Å². The molecule has 0 bridgehead atoms. The van der Waals surface area contributed by atoms with E-state index in [9.17, 15) is 18.0 Å². The molecule has 0 spiro atoms. The van der Waals surface area contributed by atoms with E-state index < -0.39 is 12.7 Å². The van der Waals surface area contributed by atoms with Crippen LogP contribution in [-0.2, 0) is 4.79 Å². The number of halogens is 3. The second-order valence-electron chi connectivity index (χ2n) is 4.10. The normalized spacial score (nSPS) is 19.0. The van der Waals surface area contributed by atoms with E-state index in [1.165, 1.54) is 11.0 Å². The zero-order valence-electron chi connectivity index (χ0n) is 10.3. The highest BCUT2D eigenvalue weighted by Gasteiger charge is 2.32. The molecule has 1 amide bonds. The molecule has 1 heterocycles. The molecule has 18 heavy (non-hydrogen) atoms. The van der Waals surface area contributed by atoms with Crippen LogP contribution in [0.1, 0.15) is 6.92 Å². The van der Waals surface area contributed by atoms with Crippen LogP contribution in [0.3, 0.4) is 0 Å². The lowest BCUT2D eigenvalue weighted by Crippen LogP contribution is -2.50. The second kappa shape index (κ2) is 6.58. The van der Waals surface area contributed by atoms with E-state index in [1.54, 1.807) is 23.1 Å². The summed E-state index contributed by atoms with van der Waals surface area (Å²) < 4.78 is 36.5. The lowest BCUT2D eigenvalue weighted by molar-refractivity contribution is -0.150. The fraction of sp³-hybridized carbons (Fsp3) is 0.583. The number of piperazine rings is 1. The minimum absolute atomic E-state index is 0.153. The van der Waals surface area contributed by atoms with Crippen molar-refractivity contribution in [2.75, 3.05) is 32.7 Å². The average molecular weight is 262 g/mol. The van der Waals surface area contributed by atoms with Gasteiger partial charge < -0.3 is 4.90 Å². The average Bonchev–Trinajstić information content (AvgIpc) is 2.28. The summed E-state index contributed by atoms with van der Waals surface area (Å²) >= 11 is 0. The van der Waals surface area contributed by atoms with Crippen molar-refractivity contribution >= 4 is 5.91 Å². The fourth-order valence-electron chi connectivity index (χ4n) is 1.73. The van der Waals surface area contributed by atoms with E-state index in [4.69, 9.17) is 0 Å². The van der Waals surface area contributed by atoms with Gasteiger partial charge in [-0.15, -0.1) is 0 Å². The second-order valence-corrected chi connectivity index (χ2v) is 4.10. The van der Waals surface area contributed by atoms with Crippen LogP contribution >= 0.6 is 0 Å². The monoisotopic (exact) mass is 262 g/mol.